The molecule has 2 heterocycles. The van der Waals surface area contributed by atoms with E-state index in [0.29, 0.717) is 23.0 Å². The molecule has 0 radical (unpaired) electrons. The summed E-state index contributed by atoms with van der Waals surface area (Å²) in [4.78, 5) is 12.2. The van der Waals surface area contributed by atoms with Crippen molar-refractivity contribution in [3.8, 4) is 0 Å². The maximum Gasteiger partial charge on any atom is 0.283 e. The van der Waals surface area contributed by atoms with Gasteiger partial charge in [-0.05, 0) is 47.5 Å². The molecular formula is C15H24BrN3O2. The third-order valence-electron chi connectivity index (χ3n) is 3.58. The van der Waals surface area contributed by atoms with Crippen molar-refractivity contribution < 1.29 is 4.74 Å². The Labute approximate surface area is 134 Å². The van der Waals surface area contributed by atoms with Gasteiger partial charge < -0.3 is 10.1 Å². The Morgan fingerprint density at radius 1 is 1.52 bits per heavy atom. The number of hydrogen-bond acceptors (Lipinski definition) is 4. The van der Waals surface area contributed by atoms with Crippen LogP contribution in [0.15, 0.2) is 15.5 Å². The highest BCUT2D eigenvalue weighted by Gasteiger charge is 2.14. The molecule has 0 saturated carbocycles. The molecule has 1 aromatic heterocycles. The molecule has 118 valence electrons. The van der Waals surface area contributed by atoms with Gasteiger partial charge in [0.15, 0.2) is 0 Å². The van der Waals surface area contributed by atoms with E-state index >= 15 is 0 Å². The molecule has 2 rings (SSSR count). The Morgan fingerprint density at radius 2 is 2.33 bits per heavy atom. The average Bonchev–Trinajstić information content (AvgIpc) is 2.47. The van der Waals surface area contributed by atoms with E-state index in [2.05, 4.69) is 40.2 Å². The lowest BCUT2D eigenvalue weighted by Crippen LogP contribution is -2.27. The molecule has 0 aliphatic carbocycles. The summed E-state index contributed by atoms with van der Waals surface area (Å²) in [6.45, 7) is 6.43. The quantitative estimate of drug-likeness (QED) is 0.849. The van der Waals surface area contributed by atoms with Gasteiger partial charge in [0.05, 0.1) is 18.0 Å². The number of aromatic nitrogens is 2. The first-order valence-electron chi connectivity index (χ1n) is 7.69. The fraction of sp³-hybridized carbons (Fsp3) is 0.733. The molecule has 0 spiro atoms. The molecule has 1 saturated heterocycles. The normalized spacial score (nSPS) is 19.0. The van der Waals surface area contributed by atoms with Crippen molar-refractivity contribution in [1.29, 1.82) is 0 Å². The summed E-state index contributed by atoms with van der Waals surface area (Å²) in [7, 11) is 0. The van der Waals surface area contributed by atoms with Crippen LogP contribution in [0.3, 0.4) is 0 Å². The molecule has 1 aromatic rings. The van der Waals surface area contributed by atoms with Crippen molar-refractivity contribution in [2.45, 2.75) is 52.2 Å². The minimum Gasteiger partial charge on any atom is -0.383 e. The van der Waals surface area contributed by atoms with Gasteiger partial charge in [-0.1, -0.05) is 13.8 Å². The predicted molar refractivity (Wildman–Crippen MR) is 87.7 cm³/mol. The van der Waals surface area contributed by atoms with E-state index in [0.717, 1.165) is 31.7 Å². The average molecular weight is 358 g/mol. The number of nitrogens with zero attached hydrogens (tertiary/aromatic N) is 2. The molecule has 0 amide bonds. The number of halogens is 1. The van der Waals surface area contributed by atoms with Crippen molar-refractivity contribution in [2.75, 3.05) is 18.5 Å². The summed E-state index contributed by atoms with van der Waals surface area (Å²) in [5.41, 5.74) is 0.679. The van der Waals surface area contributed by atoms with Crippen LogP contribution in [0.5, 0.6) is 0 Å². The van der Waals surface area contributed by atoms with Crippen molar-refractivity contribution in [1.82, 2.24) is 9.78 Å². The van der Waals surface area contributed by atoms with Gasteiger partial charge in [0.1, 0.15) is 4.47 Å². The molecule has 1 atom stereocenters. The first-order chi connectivity index (χ1) is 10.1. The molecule has 0 bridgehead atoms. The van der Waals surface area contributed by atoms with Crippen molar-refractivity contribution >= 4 is 21.6 Å². The predicted octanol–water partition coefficient (Wildman–Crippen LogP) is 3.03. The second-order valence-electron chi connectivity index (χ2n) is 5.96. The van der Waals surface area contributed by atoms with Crippen LogP contribution in [0.1, 0.15) is 39.5 Å². The second-order valence-corrected chi connectivity index (χ2v) is 6.75. The minimum absolute atomic E-state index is 0.0809. The van der Waals surface area contributed by atoms with E-state index in [4.69, 9.17) is 4.74 Å². The first kappa shape index (κ1) is 16.5. The van der Waals surface area contributed by atoms with E-state index in [9.17, 15) is 4.79 Å². The number of hydrogen-bond donors (Lipinski definition) is 1. The van der Waals surface area contributed by atoms with Crippen molar-refractivity contribution in [2.24, 2.45) is 5.92 Å². The van der Waals surface area contributed by atoms with Gasteiger partial charge in [0, 0.05) is 19.7 Å². The minimum atomic E-state index is -0.0809. The zero-order chi connectivity index (χ0) is 15.2. The van der Waals surface area contributed by atoms with E-state index in [1.54, 1.807) is 6.20 Å². The van der Waals surface area contributed by atoms with Crippen LogP contribution in [0.25, 0.3) is 0 Å². The summed E-state index contributed by atoms with van der Waals surface area (Å²) in [6, 6.07) is 0. The van der Waals surface area contributed by atoms with Crippen LogP contribution < -0.4 is 10.9 Å². The molecule has 21 heavy (non-hydrogen) atoms. The smallest absolute Gasteiger partial charge is 0.283 e. The third kappa shape index (κ3) is 4.81. The van der Waals surface area contributed by atoms with E-state index in [1.165, 1.54) is 17.5 Å². The van der Waals surface area contributed by atoms with Crippen molar-refractivity contribution in [3.63, 3.8) is 0 Å². The second kappa shape index (κ2) is 7.94. The summed E-state index contributed by atoms with van der Waals surface area (Å²) in [6.07, 6.45) is 6.59. The Hall–Kier alpha value is -0.880. The lowest BCUT2D eigenvalue weighted by Gasteiger charge is -2.22. The van der Waals surface area contributed by atoms with Crippen LogP contribution in [0.2, 0.25) is 0 Å². The zero-order valence-corrected chi connectivity index (χ0v) is 14.4. The highest BCUT2D eigenvalue weighted by atomic mass is 79.9. The Morgan fingerprint density at radius 3 is 3.00 bits per heavy atom. The number of ether oxygens (including phenoxy) is 1. The van der Waals surface area contributed by atoms with Crippen LogP contribution in [-0.2, 0) is 11.3 Å². The molecule has 1 fully saturated rings. The molecule has 0 aromatic carbocycles. The SMILES string of the molecule is CC(C)Cn1ncc(NCCC2CCCCO2)c(Br)c1=O. The third-order valence-corrected chi connectivity index (χ3v) is 4.35. The molecular weight excluding hydrogens is 334 g/mol. The maximum atomic E-state index is 12.2. The number of rotatable bonds is 6. The van der Waals surface area contributed by atoms with Gasteiger partial charge in [0.2, 0.25) is 0 Å². The molecule has 1 aliphatic heterocycles. The highest BCUT2D eigenvalue weighted by Crippen LogP contribution is 2.18. The molecule has 1 unspecified atom stereocenters. The van der Waals surface area contributed by atoms with Crippen LogP contribution in [-0.4, -0.2) is 29.0 Å². The fourth-order valence-electron chi connectivity index (χ4n) is 2.47. The lowest BCUT2D eigenvalue weighted by atomic mass is 10.1. The number of nitrogens with one attached hydrogen (secondary N) is 1. The summed E-state index contributed by atoms with van der Waals surface area (Å²) in [5, 5.41) is 7.50. The fourth-order valence-corrected chi connectivity index (χ4v) is 2.91. The standard InChI is InChI=1S/C15H24BrN3O2/c1-11(2)10-19-15(20)14(16)13(9-18-19)17-7-6-12-5-3-4-8-21-12/h9,11-12,17H,3-8,10H2,1-2H3. The van der Waals surface area contributed by atoms with E-state index in [1.807, 2.05) is 0 Å². The zero-order valence-electron chi connectivity index (χ0n) is 12.8. The van der Waals surface area contributed by atoms with E-state index < -0.39 is 0 Å². The van der Waals surface area contributed by atoms with Gasteiger partial charge in [-0.2, -0.15) is 5.10 Å². The van der Waals surface area contributed by atoms with E-state index in [-0.39, 0.29) is 5.56 Å². The Kier molecular flexibility index (Phi) is 6.23. The summed E-state index contributed by atoms with van der Waals surface area (Å²) >= 11 is 3.38. The van der Waals surface area contributed by atoms with Crippen LogP contribution in [0, 0.1) is 5.92 Å². The molecule has 1 aliphatic rings. The summed E-state index contributed by atoms with van der Waals surface area (Å²) < 4.78 is 7.76. The van der Waals surface area contributed by atoms with Gasteiger partial charge in [0.25, 0.3) is 5.56 Å². The summed E-state index contributed by atoms with van der Waals surface area (Å²) in [5.74, 6) is 0.393. The molecule has 5 nitrogen and oxygen atoms in total. The van der Waals surface area contributed by atoms with Gasteiger partial charge in [-0.15, -0.1) is 0 Å². The largest absolute Gasteiger partial charge is 0.383 e. The Balaban J connectivity index is 1.91. The molecule has 6 heteroatoms. The van der Waals surface area contributed by atoms with Gasteiger partial charge in [-0.3, -0.25) is 4.79 Å². The van der Waals surface area contributed by atoms with Gasteiger partial charge >= 0.3 is 0 Å². The topological polar surface area (TPSA) is 56.1 Å². The van der Waals surface area contributed by atoms with Crippen LogP contribution >= 0.6 is 15.9 Å². The first-order valence-corrected chi connectivity index (χ1v) is 8.48. The monoisotopic (exact) mass is 357 g/mol. The van der Waals surface area contributed by atoms with Gasteiger partial charge in [-0.25, -0.2) is 4.68 Å². The Bertz CT molecular complexity index is 510. The van der Waals surface area contributed by atoms with Crippen LogP contribution in [0.4, 0.5) is 5.69 Å². The number of anilines is 1. The highest BCUT2D eigenvalue weighted by molar-refractivity contribution is 9.10. The maximum absolute atomic E-state index is 12.2. The molecule has 1 N–H and O–H groups in total. The van der Waals surface area contributed by atoms with Crippen molar-refractivity contribution in [3.05, 3.63) is 21.0 Å². The lowest BCUT2D eigenvalue weighted by molar-refractivity contribution is 0.0134.